The number of aromatic nitrogens is 3. The van der Waals surface area contributed by atoms with Crippen LogP contribution in [-0.2, 0) is 4.79 Å². The first-order valence-corrected chi connectivity index (χ1v) is 12.7. The highest BCUT2D eigenvalue weighted by atomic mass is 32.1. The largest absolute Gasteiger partial charge is 0.339 e. The zero-order chi connectivity index (χ0) is 24.9. The van der Waals surface area contributed by atoms with Crippen LogP contribution in [0.3, 0.4) is 0 Å². The Kier molecular flexibility index (Phi) is 5.44. The van der Waals surface area contributed by atoms with E-state index in [1.807, 2.05) is 35.2 Å². The molecule has 7 nitrogen and oxygen atoms in total. The van der Waals surface area contributed by atoms with Crippen LogP contribution in [0.4, 0.5) is 10.3 Å². The van der Waals surface area contributed by atoms with Crippen molar-refractivity contribution in [2.24, 2.45) is 5.41 Å². The number of thiophene rings is 1. The van der Waals surface area contributed by atoms with Crippen LogP contribution in [0.5, 0.6) is 0 Å². The minimum atomic E-state index is -0.539. The van der Waals surface area contributed by atoms with E-state index in [1.165, 1.54) is 29.7 Å². The van der Waals surface area contributed by atoms with E-state index in [9.17, 15) is 14.0 Å². The van der Waals surface area contributed by atoms with Crippen molar-refractivity contribution < 1.29 is 14.0 Å². The van der Waals surface area contributed by atoms with Crippen LogP contribution in [0.25, 0.3) is 21.5 Å². The molecule has 2 fully saturated rings. The fraction of sp³-hybridized carbons (Fsp3) is 0.259. The molecule has 1 aliphatic heterocycles. The number of hydrogen-bond acceptors (Lipinski definition) is 5. The van der Waals surface area contributed by atoms with Gasteiger partial charge >= 0.3 is 0 Å². The van der Waals surface area contributed by atoms with Gasteiger partial charge in [-0.3, -0.25) is 14.9 Å². The molecule has 1 saturated heterocycles. The number of anilines is 1. The molecule has 4 heterocycles. The number of rotatable bonds is 5. The first-order chi connectivity index (χ1) is 17.4. The molecule has 1 spiro atoms. The predicted molar refractivity (Wildman–Crippen MR) is 137 cm³/mol. The molecule has 36 heavy (non-hydrogen) atoms. The molecule has 2 aliphatic rings. The summed E-state index contributed by atoms with van der Waals surface area (Å²) in [6, 6.07) is 14.6. The number of nitrogens with one attached hydrogen (secondary N) is 1. The smallest absolute Gasteiger partial charge is 0.268 e. The predicted octanol–water partition coefficient (Wildman–Crippen LogP) is 5.29. The number of likely N-dealkylation sites (tertiary alicyclic amines) is 1. The van der Waals surface area contributed by atoms with E-state index in [-0.39, 0.29) is 23.3 Å². The number of nitrogens with zero attached hydrogens (tertiary/aromatic N) is 4. The molecule has 6 rings (SSSR count). The van der Waals surface area contributed by atoms with Crippen LogP contribution < -0.4 is 5.32 Å². The number of carbonyl (C=O) groups excluding carboxylic acids is 2. The van der Waals surface area contributed by atoms with E-state index in [2.05, 4.69) is 21.4 Å². The molecule has 1 saturated carbocycles. The van der Waals surface area contributed by atoms with Gasteiger partial charge in [0.05, 0.1) is 15.9 Å². The van der Waals surface area contributed by atoms with E-state index in [0.29, 0.717) is 10.8 Å². The molecule has 182 valence electrons. The zero-order valence-corrected chi connectivity index (χ0v) is 20.3. The number of para-hydroxylation sites is 2. The Morgan fingerprint density at radius 3 is 2.78 bits per heavy atom. The van der Waals surface area contributed by atoms with Crippen molar-refractivity contribution in [3.63, 3.8) is 0 Å². The summed E-state index contributed by atoms with van der Waals surface area (Å²) in [5.41, 5.74) is 2.68. The normalized spacial score (nSPS) is 21.0. The molecule has 3 aromatic heterocycles. The van der Waals surface area contributed by atoms with E-state index >= 15 is 0 Å². The summed E-state index contributed by atoms with van der Waals surface area (Å²) in [5, 5.41) is 3.02. The van der Waals surface area contributed by atoms with Gasteiger partial charge in [-0.15, -0.1) is 11.3 Å². The van der Waals surface area contributed by atoms with E-state index in [4.69, 9.17) is 4.98 Å². The monoisotopic (exact) mass is 501 g/mol. The number of fused-ring (bicyclic) bond motifs is 1. The van der Waals surface area contributed by atoms with Crippen molar-refractivity contribution in [2.45, 2.75) is 25.3 Å². The Balaban J connectivity index is 1.24. The van der Waals surface area contributed by atoms with Crippen molar-refractivity contribution in [3.05, 3.63) is 78.2 Å². The third kappa shape index (κ3) is 3.89. The molecule has 0 atom stereocenters. The highest BCUT2D eigenvalue weighted by molar-refractivity contribution is 7.17. The number of hydrogen-bond donors (Lipinski definition) is 1. The topological polar surface area (TPSA) is 80.1 Å². The number of carbonyl (C=O) groups is 2. The number of amides is 2. The van der Waals surface area contributed by atoms with Crippen LogP contribution in [-0.4, -0.2) is 44.3 Å². The zero-order valence-electron chi connectivity index (χ0n) is 19.5. The van der Waals surface area contributed by atoms with Gasteiger partial charge in [-0.25, -0.2) is 9.97 Å². The lowest BCUT2D eigenvalue weighted by Crippen LogP contribution is -2.42. The molecule has 9 heteroatoms. The summed E-state index contributed by atoms with van der Waals surface area (Å²) in [6.07, 6.45) is 5.68. The first-order valence-electron chi connectivity index (χ1n) is 11.9. The third-order valence-electron chi connectivity index (χ3n) is 7.29. The molecule has 2 amide bonds. The van der Waals surface area contributed by atoms with Crippen molar-refractivity contribution in [1.29, 1.82) is 0 Å². The second-order valence-corrected chi connectivity index (χ2v) is 10.6. The minimum absolute atomic E-state index is 0.0110. The fourth-order valence-corrected chi connectivity index (χ4v) is 6.40. The van der Waals surface area contributed by atoms with Gasteiger partial charge in [0.25, 0.3) is 5.91 Å². The SMILES string of the molecule is C=CC(=O)N1CCC2(CC(n3c(NC(=O)c4ccc(-c5ccc(F)nc5)s4)nc4ccccc43)C2)C1. The van der Waals surface area contributed by atoms with Gasteiger partial charge in [-0.2, -0.15) is 4.39 Å². The average molecular weight is 502 g/mol. The Bertz CT molecular complexity index is 1490. The standard InChI is InChI=1S/C27H24FN5O2S/c1-2-24(34)32-12-11-27(16-32)13-18(14-27)33-20-6-4-3-5-19(20)30-26(33)31-25(35)22-9-8-21(36-22)17-7-10-23(28)29-15-17/h2-10,15,18H,1,11-14,16H2,(H,30,31,35). The van der Waals surface area contributed by atoms with Gasteiger partial charge < -0.3 is 9.47 Å². The Morgan fingerprint density at radius 2 is 2.00 bits per heavy atom. The molecule has 1 aromatic carbocycles. The van der Waals surface area contributed by atoms with Gasteiger partial charge in [0.15, 0.2) is 0 Å². The number of imidazole rings is 1. The lowest BCUT2D eigenvalue weighted by Gasteiger charge is -2.46. The van der Waals surface area contributed by atoms with Crippen molar-refractivity contribution in [3.8, 4) is 10.4 Å². The summed E-state index contributed by atoms with van der Waals surface area (Å²) >= 11 is 1.32. The third-order valence-corrected chi connectivity index (χ3v) is 8.42. The van der Waals surface area contributed by atoms with Crippen molar-refractivity contribution in [2.75, 3.05) is 18.4 Å². The van der Waals surface area contributed by atoms with Crippen molar-refractivity contribution in [1.82, 2.24) is 19.4 Å². The molecule has 0 unspecified atom stereocenters. The number of benzene rings is 1. The van der Waals surface area contributed by atoms with E-state index in [0.717, 1.165) is 53.8 Å². The van der Waals surface area contributed by atoms with Crippen LogP contribution >= 0.6 is 11.3 Å². The highest BCUT2D eigenvalue weighted by Gasteiger charge is 2.50. The maximum absolute atomic E-state index is 13.2. The van der Waals surface area contributed by atoms with Crippen LogP contribution in [0.2, 0.25) is 0 Å². The maximum Gasteiger partial charge on any atom is 0.268 e. The van der Waals surface area contributed by atoms with Gasteiger partial charge in [0, 0.05) is 35.8 Å². The molecular formula is C27H24FN5O2S. The molecule has 0 radical (unpaired) electrons. The number of halogens is 1. The van der Waals surface area contributed by atoms with Crippen LogP contribution in [0.1, 0.15) is 35.0 Å². The van der Waals surface area contributed by atoms with Gasteiger partial charge in [-0.05, 0) is 67.2 Å². The van der Waals surface area contributed by atoms with Gasteiger partial charge in [0.2, 0.25) is 17.8 Å². The van der Waals surface area contributed by atoms with Crippen LogP contribution in [0, 0.1) is 11.4 Å². The summed E-state index contributed by atoms with van der Waals surface area (Å²) in [5.74, 6) is -0.266. The summed E-state index contributed by atoms with van der Waals surface area (Å²) in [4.78, 5) is 36.9. The maximum atomic E-state index is 13.2. The van der Waals surface area contributed by atoms with E-state index in [1.54, 1.807) is 12.1 Å². The van der Waals surface area contributed by atoms with E-state index < -0.39 is 5.95 Å². The van der Waals surface area contributed by atoms with Gasteiger partial charge in [-0.1, -0.05) is 18.7 Å². The highest BCUT2D eigenvalue weighted by Crippen LogP contribution is 2.55. The molecule has 1 aliphatic carbocycles. The second kappa shape index (κ2) is 8.67. The molecule has 4 aromatic rings. The van der Waals surface area contributed by atoms with Crippen LogP contribution in [0.15, 0.2) is 67.4 Å². The Morgan fingerprint density at radius 1 is 1.17 bits per heavy atom. The Hall–Kier alpha value is -3.85. The molecule has 1 N–H and O–H groups in total. The molecule has 0 bridgehead atoms. The van der Waals surface area contributed by atoms with Crippen molar-refractivity contribution >= 4 is 40.1 Å². The lowest BCUT2D eigenvalue weighted by atomic mass is 9.65. The minimum Gasteiger partial charge on any atom is -0.339 e. The quantitative estimate of drug-likeness (QED) is 0.298. The summed E-state index contributed by atoms with van der Waals surface area (Å²) < 4.78 is 15.3. The average Bonchev–Trinajstić information content (AvgIpc) is 3.60. The molecular weight excluding hydrogens is 477 g/mol. The second-order valence-electron chi connectivity index (χ2n) is 9.56. The number of pyridine rings is 1. The first kappa shape index (κ1) is 22.6. The summed E-state index contributed by atoms with van der Waals surface area (Å²) in [6.45, 7) is 5.12. The Labute approximate surface area is 211 Å². The lowest BCUT2D eigenvalue weighted by molar-refractivity contribution is -0.125. The van der Waals surface area contributed by atoms with Gasteiger partial charge in [0.1, 0.15) is 0 Å². The fourth-order valence-electron chi connectivity index (χ4n) is 5.51. The summed E-state index contributed by atoms with van der Waals surface area (Å²) in [7, 11) is 0.